The Hall–Kier alpha value is 0.120. The Labute approximate surface area is 67.1 Å². The zero-order chi connectivity index (χ0) is 8.10. The molecule has 0 bridgehead atoms. The average Bonchev–Trinajstić information content (AvgIpc) is 2.03. The second-order valence-corrected chi connectivity index (χ2v) is 3.82. The Morgan fingerprint density at radius 3 is 2.55 bits per heavy atom. The molecule has 2 nitrogen and oxygen atoms in total. The first-order chi connectivity index (χ1) is 5.29. The van der Waals surface area contributed by atoms with Crippen LogP contribution < -0.4 is 0 Å². The van der Waals surface area contributed by atoms with Crippen molar-refractivity contribution in [1.82, 2.24) is 0 Å². The lowest BCUT2D eigenvalue weighted by molar-refractivity contribution is 0.208. The summed E-state index contributed by atoms with van der Waals surface area (Å²) in [6.45, 7) is 0.355. The minimum atomic E-state index is -3.18. The fourth-order valence-electron chi connectivity index (χ4n) is 1.54. The molecule has 1 rings (SSSR count). The fourth-order valence-corrected chi connectivity index (χ4v) is 1.90. The molecule has 1 fully saturated rings. The lowest BCUT2D eigenvalue weighted by Crippen LogP contribution is -2.10. The van der Waals surface area contributed by atoms with Gasteiger partial charge in [-0.1, -0.05) is 19.3 Å². The van der Waals surface area contributed by atoms with E-state index in [2.05, 4.69) is 4.52 Å². The molecule has 0 aliphatic heterocycles. The molecule has 0 aromatic rings. The van der Waals surface area contributed by atoms with E-state index >= 15 is 0 Å². The van der Waals surface area contributed by atoms with Crippen molar-refractivity contribution in [2.75, 3.05) is 6.61 Å². The van der Waals surface area contributed by atoms with Crippen LogP contribution in [0.1, 0.15) is 32.1 Å². The summed E-state index contributed by atoms with van der Waals surface area (Å²) in [7, 11) is -3.18. The summed E-state index contributed by atoms with van der Waals surface area (Å²) in [5.41, 5.74) is 0. The highest BCUT2D eigenvalue weighted by molar-refractivity contribution is 7.32. The number of hydrogen-bond donors (Lipinski definition) is 0. The summed E-state index contributed by atoms with van der Waals surface area (Å²) < 4.78 is 26.2. The van der Waals surface area contributed by atoms with E-state index in [9.17, 15) is 8.76 Å². The Morgan fingerprint density at radius 1 is 1.36 bits per heavy atom. The van der Waals surface area contributed by atoms with Crippen LogP contribution in [0.2, 0.25) is 0 Å². The Bertz CT molecular complexity index is 134. The number of rotatable bonds is 3. The van der Waals surface area contributed by atoms with Gasteiger partial charge in [-0.15, -0.1) is 0 Å². The SMILES string of the molecule is O=[PH](F)OCC1CCCCC1. The van der Waals surface area contributed by atoms with Crippen molar-refractivity contribution in [3.63, 3.8) is 0 Å². The summed E-state index contributed by atoms with van der Waals surface area (Å²) in [6, 6.07) is 0. The highest BCUT2D eigenvalue weighted by Crippen LogP contribution is 2.29. The molecule has 11 heavy (non-hydrogen) atoms. The van der Waals surface area contributed by atoms with Gasteiger partial charge in [-0.25, -0.2) is 0 Å². The summed E-state index contributed by atoms with van der Waals surface area (Å²) in [6.07, 6.45) is 5.91. The molecule has 0 radical (unpaired) electrons. The standard InChI is InChI=1S/C7H14FO2P/c8-11(9)10-6-7-4-2-1-3-5-7/h7,11H,1-6H2. The minimum Gasteiger partial charge on any atom is -0.307 e. The van der Waals surface area contributed by atoms with E-state index in [1.807, 2.05) is 0 Å². The molecule has 1 unspecified atom stereocenters. The third-order valence-electron chi connectivity index (χ3n) is 2.16. The second-order valence-electron chi connectivity index (χ2n) is 3.05. The minimum absolute atomic E-state index is 0.355. The van der Waals surface area contributed by atoms with Crippen molar-refractivity contribution in [2.45, 2.75) is 32.1 Å². The van der Waals surface area contributed by atoms with E-state index in [4.69, 9.17) is 0 Å². The van der Waals surface area contributed by atoms with Crippen LogP contribution >= 0.6 is 8.34 Å². The number of halogens is 1. The van der Waals surface area contributed by atoms with Gasteiger partial charge in [-0.05, 0) is 18.8 Å². The van der Waals surface area contributed by atoms with Gasteiger partial charge in [-0.3, -0.25) is 4.57 Å². The quantitative estimate of drug-likeness (QED) is 0.624. The van der Waals surface area contributed by atoms with E-state index in [0.717, 1.165) is 12.8 Å². The lowest BCUT2D eigenvalue weighted by Gasteiger charge is -2.19. The molecule has 1 saturated carbocycles. The summed E-state index contributed by atoms with van der Waals surface area (Å²) in [5.74, 6) is 0.452. The van der Waals surface area contributed by atoms with Gasteiger partial charge in [0.2, 0.25) is 0 Å². The Kier molecular flexibility index (Phi) is 4.09. The molecule has 1 atom stereocenters. The molecular weight excluding hydrogens is 166 g/mol. The van der Waals surface area contributed by atoms with Gasteiger partial charge < -0.3 is 4.52 Å². The van der Waals surface area contributed by atoms with E-state index in [0.29, 0.717) is 12.5 Å². The lowest BCUT2D eigenvalue weighted by atomic mass is 9.90. The second kappa shape index (κ2) is 4.89. The third kappa shape index (κ3) is 3.88. The summed E-state index contributed by atoms with van der Waals surface area (Å²) in [4.78, 5) is 0. The van der Waals surface area contributed by atoms with Crippen LogP contribution in [0.5, 0.6) is 0 Å². The first-order valence-electron chi connectivity index (χ1n) is 4.11. The molecule has 0 aromatic heterocycles. The maximum atomic E-state index is 11.8. The van der Waals surface area contributed by atoms with Crippen molar-refractivity contribution in [3.05, 3.63) is 0 Å². The highest BCUT2D eigenvalue weighted by atomic mass is 31.2. The van der Waals surface area contributed by atoms with Gasteiger partial charge in [0.1, 0.15) is 0 Å². The van der Waals surface area contributed by atoms with Crippen LogP contribution in [0, 0.1) is 5.92 Å². The largest absolute Gasteiger partial charge is 0.356 e. The molecule has 1 aliphatic rings. The maximum Gasteiger partial charge on any atom is 0.356 e. The molecule has 1 aliphatic carbocycles. The monoisotopic (exact) mass is 180 g/mol. The average molecular weight is 180 g/mol. The molecule has 0 amide bonds. The number of hydrogen-bond acceptors (Lipinski definition) is 2. The van der Waals surface area contributed by atoms with E-state index in [1.54, 1.807) is 0 Å². The van der Waals surface area contributed by atoms with Crippen molar-refractivity contribution in [2.24, 2.45) is 5.92 Å². The van der Waals surface area contributed by atoms with Gasteiger partial charge in [0.25, 0.3) is 0 Å². The normalized spacial score (nSPS) is 23.4. The molecule has 0 saturated heterocycles. The summed E-state index contributed by atoms with van der Waals surface area (Å²) >= 11 is 0. The third-order valence-corrected chi connectivity index (χ3v) is 2.55. The molecular formula is C7H14FO2P. The van der Waals surface area contributed by atoms with Crippen LogP contribution in [-0.2, 0) is 9.09 Å². The van der Waals surface area contributed by atoms with Crippen LogP contribution in [-0.4, -0.2) is 6.61 Å². The van der Waals surface area contributed by atoms with E-state index in [-0.39, 0.29) is 0 Å². The first kappa shape index (κ1) is 9.21. The molecule has 0 aromatic carbocycles. The van der Waals surface area contributed by atoms with Gasteiger partial charge in [-0.2, -0.15) is 4.20 Å². The van der Waals surface area contributed by atoms with Crippen LogP contribution in [0.25, 0.3) is 0 Å². The first-order valence-corrected chi connectivity index (χ1v) is 5.31. The predicted octanol–water partition coefficient (Wildman–Crippen LogP) is 2.94. The van der Waals surface area contributed by atoms with Crippen LogP contribution in [0.15, 0.2) is 0 Å². The fraction of sp³-hybridized carbons (Fsp3) is 1.00. The maximum absolute atomic E-state index is 11.8. The molecule has 0 heterocycles. The van der Waals surface area contributed by atoms with Crippen molar-refractivity contribution in [1.29, 1.82) is 0 Å². The smallest absolute Gasteiger partial charge is 0.307 e. The summed E-state index contributed by atoms with van der Waals surface area (Å²) in [5, 5.41) is 0. The van der Waals surface area contributed by atoms with Crippen molar-refractivity contribution in [3.8, 4) is 0 Å². The molecule has 66 valence electrons. The van der Waals surface area contributed by atoms with Gasteiger partial charge in [0.15, 0.2) is 0 Å². The zero-order valence-corrected chi connectivity index (χ0v) is 7.51. The van der Waals surface area contributed by atoms with Crippen molar-refractivity contribution >= 4 is 8.34 Å². The topological polar surface area (TPSA) is 26.3 Å². The van der Waals surface area contributed by atoms with Crippen molar-refractivity contribution < 1.29 is 13.3 Å². The molecule has 0 N–H and O–H groups in total. The van der Waals surface area contributed by atoms with Gasteiger partial charge in [0, 0.05) is 0 Å². The van der Waals surface area contributed by atoms with E-state index in [1.165, 1.54) is 19.3 Å². The van der Waals surface area contributed by atoms with Crippen LogP contribution in [0.3, 0.4) is 0 Å². The predicted molar refractivity (Wildman–Crippen MR) is 42.6 cm³/mol. The Morgan fingerprint density at radius 2 is 2.00 bits per heavy atom. The highest BCUT2D eigenvalue weighted by Gasteiger charge is 2.13. The Balaban J connectivity index is 2.09. The van der Waals surface area contributed by atoms with Crippen LogP contribution in [0.4, 0.5) is 4.20 Å². The van der Waals surface area contributed by atoms with Gasteiger partial charge >= 0.3 is 8.34 Å². The van der Waals surface area contributed by atoms with Gasteiger partial charge in [0.05, 0.1) is 6.61 Å². The molecule has 0 spiro atoms. The molecule has 4 heteroatoms. The van der Waals surface area contributed by atoms with E-state index < -0.39 is 8.34 Å². The zero-order valence-electron chi connectivity index (χ0n) is 6.51.